The number of aryl methyl sites for hydroxylation is 3. The molecule has 0 fully saturated rings. The monoisotopic (exact) mass is 512 g/mol. The lowest BCUT2D eigenvalue weighted by atomic mass is 10.1. The zero-order chi connectivity index (χ0) is 26.3. The van der Waals surface area contributed by atoms with Crippen molar-refractivity contribution in [3.05, 3.63) is 76.9 Å². The lowest BCUT2D eigenvalue weighted by Gasteiger charge is -2.13. The second-order valence-electron chi connectivity index (χ2n) is 8.41. The van der Waals surface area contributed by atoms with E-state index in [1.807, 2.05) is 38.1 Å². The lowest BCUT2D eigenvalue weighted by Crippen LogP contribution is -2.30. The molecular formula is C27H32N2O6S. The average molecular weight is 513 g/mol. The molecule has 0 aliphatic carbocycles. The van der Waals surface area contributed by atoms with Crippen molar-refractivity contribution in [3.63, 3.8) is 0 Å². The quantitative estimate of drug-likeness (QED) is 0.400. The molecular weight excluding hydrogens is 480 g/mol. The Hall–Kier alpha value is -3.72. The van der Waals surface area contributed by atoms with E-state index < -0.39 is 10.0 Å². The molecule has 3 aromatic carbocycles. The van der Waals surface area contributed by atoms with Gasteiger partial charge in [-0.2, -0.15) is 0 Å². The van der Waals surface area contributed by atoms with Gasteiger partial charge in [0.1, 0.15) is 5.75 Å². The number of ether oxygens (including phenoxy) is 3. The number of benzene rings is 3. The third-order valence-electron chi connectivity index (χ3n) is 5.76. The summed E-state index contributed by atoms with van der Waals surface area (Å²) in [7, 11) is -0.609. The second-order valence-corrected chi connectivity index (χ2v) is 10.1. The van der Waals surface area contributed by atoms with Crippen LogP contribution in [0.25, 0.3) is 0 Å². The summed E-state index contributed by atoms with van der Waals surface area (Å²) >= 11 is 0. The van der Waals surface area contributed by atoms with Crippen LogP contribution in [0.1, 0.15) is 22.3 Å². The van der Waals surface area contributed by atoms with Crippen molar-refractivity contribution >= 4 is 21.6 Å². The number of hydrogen-bond donors (Lipinski definition) is 2. The van der Waals surface area contributed by atoms with E-state index in [0.29, 0.717) is 41.5 Å². The first kappa shape index (κ1) is 26.9. The fourth-order valence-electron chi connectivity index (χ4n) is 3.55. The van der Waals surface area contributed by atoms with Gasteiger partial charge < -0.3 is 19.5 Å². The first-order chi connectivity index (χ1) is 17.1. The van der Waals surface area contributed by atoms with Gasteiger partial charge in [-0.15, -0.1) is 0 Å². The number of methoxy groups -OCH3 is 2. The van der Waals surface area contributed by atoms with Gasteiger partial charge in [-0.05, 0) is 91.9 Å². The minimum atomic E-state index is -3.76. The average Bonchev–Trinajstić information content (AvgIpc) is 2.85. The van der Waals surface area contributed by atoms with Crippen LogP contribution in [-0.2, 0) is 21.2 Å². The number of rotatable bonds is 11. The fourth-order valence-corrected chi connectivity index (χ4v) is 4.68. The molecule has 8 nitrogen and oxygen atoms in total. The summed E-state index contributed by atoms with van der Waals surface area (Å²) in [5.74, 6) is 1.45. The van der Waals surface area contributed by atoms with Crippen molar-refractivity contribution in [2.75, 3.05) is 32.1 Å². The van der Waals surface area contributed by atoms with Crippen LogP contribution in [0.4, 0.5) is 5.69 Å². The van der Waals surface area contributed by atoms with Crippen molar-refractivity contribution in [2.24, 2.45) is 0 Å². The van der Waals surface area contributed by atoms with Crippen LogP contribution in [0.15, 0.2) is 59.5 Å². The van der Waals surface area contributed by atoms with Gasteiger partial charge in [0.05, 0.1) is 19.1 Å². The molecule has 0 heterocycles. The van der Waals surface area contributed by atoms with Gasteiger partial charge in [-0.1, -0.05) is 12.1 Å². The maximum absolute atomic E-state index is 12.8. The molecule has 0 saturated carbocycles. The number of anilines is 1. The van der Waals surface area contributed by atoms with Crippen molar-refractivity contribution in [3.8, 4) is 17.2 Å². The van der Waals surface area contributed by atoms with Crippen LogP contribution in [0.5, 0.6) is 17.2 Å². The minimum absolute atomic E-state index is 0.116. The summed E-state index contributed by atoms with van der Waals surface area (Å²) in [6.45, 7) is 5.88. The smallest absolute Gasteiger partial charge is 0.261 e. The van der Waals surface area contributed by atoms with E-state index >= 15 is 0 Å². The van der Waals surface area contributed by atoms with Crippen LogP contribution >= 0.6 is 0 Å². The Morgan fingerprint density at radius 3 is 2.19 bits per heavy atom. The molecule has 0 atom stereocenters. The Morgan fingerprint density at radius 1 is 0.806 bits per heavy atom. The van der Waals surface area contributed by atoms with E-state index in [1.54, 1.807) is 39.3 Å². The molecule has 0 saturated heterocycles. The zero-order valence-electron chi connectivity index (χ0n) is 21.2. The lowest BCUT2D eigenvalue weighted by molar-refractivity contribution is -0.123. The summed E-state index contributed by atoms with van der Waals surface area (Å²) in [5.41, 5.74) is 4.19. The predicted octanol–water partition coefficient (Wildman–Crippen LogP) is 4.17. The summed E-state index contributed by atoms with van der Waals surface area (Å²) in [5, 5.41) is 2.82. The van der Waals surface area contributed by atoms with Gasteiger partial charge in [-0.25, -0.2) is 8.42 Å². The summed E-state index contributed by atoms with van der Waals surface area (Å²) in [4.78, 5) is 12.4. The van der Waals surface area contributed by atoms with Crippen LogP contribution in [0.2, 0.25) is 0 Å². The van der Waals surface area contributed by atoms with Gasteiger partial charge in [0.25, 0.3) is 15.9 Å². The molecule has 0 aliphatic rings. The zero-order valence-corrected chi connectivity index (χ0v) is 22.0. The van der Waals surface area contributed by atoms with E-state index in [1.165, 1.54) is 12.1 Å². The molecule has 0 aliphatic heterocycles. The predicted molar refractivity (Wildman–Crippen MR) is 140 cm³/mol. The number of nitrogens with one attached hydrogen (secondary N) is 2. The van der Waals surface area contributed by atoms with Crippen molar-refractivity contribution in [1.82, 2.24) is 5.32 Å². The third-order valence-corrected chi connectivity index (χ3v) is 7.14. The second kappa shape index (κ2) is 11.8. The van der Waals surface area contributed by atoms with E-state index in [-0.39, 0.29) is 17.4 Å². The highest BCUT2D eigenvalue weighted by molar-refractivity contribution is 7.92. The first-order valence-corrected chi connectivity index (χ1v) is 12.9. The topological polar surface area (TPSA) is 103 Å². The number of hydrogen-bond acceptors (Lipinski definition) is 6. The van der Waals surface area contributed by atoms with Gasteiger partial charge in [0, 0.05) is 12.2 Å². The van der Waals surface area contributed by atoms with Gasteiger partial charge in [-0.3, -0.25) is 9.52 Å². The highest BCUT2D eigenvalue weighted by Crippen LogP contribution is 2.28. The first-order valence-electron chi connectivity index (χ1n) is 11.4. The van der Waals surface area contributed by atoms with Crippen molar-refractivity contribution < 1.29 is 27.4 Å². The van der Waals surface area contributed by atoms with Crippen LogP contribution in [0.3, 0.4) is 0 Å². The summed E-state index contributed by atoms with van der Waals surface area (Å²) in [6.07, 6.45) is 0.616. The largest absolute Gasteiger partial charge is 0.493 e. The maximum atomic E-state index is 12.8. The Kier molecular flexibility index (Phi) is 8.82. The molecule has 0 aromatic heterocycles. The van der Waals surface area contributed by atoms with Crippen molar-refractivity contribution in [1.29, 1.82) is 0 Å². The molecule has 0 spiro atoms. The molecule has 2 N–H and O–H groups in total. The molecule has 9 heteroatoms. The highest BCUT2D eigenvalue weighted by atomic mass is 32.2. The molecule has 1 amide bonds. The van der Waals surface area contributed by atoms with Crippen LogP contribution in [0, 0.1) is 20.8 Å². The maximum Gasteiger partial charge on any atom is 0.261 e. The van der Waals surface area contributed by atoms with E-state index in [4.69, 9.17) is 14.2 Å². The van der Waals surface area contributed by atoms with Gasteiger partial charge in [0.2, 0.25) is 0 Å². The SMILES string of the molecule is COc1ccc(CCNC(=O)COc2ccc(S(=O)(=O)Nc3ccc(C)c(C)c3)cc2C)cc1OC. The Morgan fingerprint density at radius 2 is 1.53 bits per heavy atom. The summed E-state index contributed by atoms with van der Waals surface area (Å²) < 4.78 is 44.4. The summed E-state index contributed by atoms with van der Waals surface area (Å²) in [6, 6.07) is 15.5. The molecule has 0 bridgehead atoms. The Balaban J connectivity index is 1.53. The highest BCUT2D eigenvalue weighted by Gasteiger charge is 2.16. The number of carbonyl (C=O) groups is 1. The Bertz CT molecular complexity index is 1340. The van der Waals surface area contributed by atoms with Crippen molar-refractivity contribution in [2.45, 2.75) is 32.1 Å². The standard InChI is InChI=1S/C27H32N2O6S/c1-18-6-8-22(14-19(18)2)29-36(31,32)23-9-11-24(20(3)15-23)35-17-27(30)28-13-12-21-7-10-25(33-4)26(16-21)34-5/h6-11,14-16,29H,12-13,17H2,1-5H3,(H,28,30). The third kappa shape index (κ3) is 6.91. The molecule has 36 heavy (non-hydrogen) atoms. The molecule has 192 valence electrons. The van der Waals surface area contributed by atoms with E-state index in [2.05, 4.69) is 10.0 Å². The molecule has 0 radical (unpaired) electrons. The number of sulfonamides is 1. The molecule has 0 unspecified atom stereocenters. The fraction of sp³-hybridized carbons (Fsp3) is 0.296. The van der Waals surface area contributed by atoms with E-state index in [9.17, 15) is 13.2 Å². The van der Waals surface area contributed by atoms with Crippen LogP contribution in [-0.4, -0.2) is 41.7 Å². The van der Waals surface area contributed by atoms with Crippen LogP contribution < -0.4 is 24.2 Å². The van der Waals surface area contributed by atoms with Gasteiger partial charge in [0.15, 0.2) is 18.1 Å². The van der Waals surface area contributed by atoms with E-state index in [0.717, 1.165) is 16.7 Å². The Labute approximate surface area is 212 Å². The number of amides is 1. The van der Waals surface area contributed by atoms with Gasteiger partial charge >= 0.3 is 0 Å². The number of carbonyl (C=O) groups excluding carboxylic acids is 1. The normalized spacial score (nSPS) is 11.0. The molecule has 3 aromatic rings. The minimum Gasteiger partial charge on any atom is -0.493 e. The molecule has 3 rings (SSSR count).